The SMILES string of the molecule is O=C(O)c1ccc(C2CCC(NC(=O)[C@H]3CCCN3)CC2)cc1. The van der Waals surface area contributed by atoms with Gasteiger partial charge in [0.15, 0.2) is 0 Å². The van der Waals surface area contributed by atoms with Gasteiger partial charge in [-0.15, -0.1) is 0 Å². The van der Waals surface area contributed by atoms with E-state index in [1.807, 2.05) is 12.1 Å². The second kappa shape index (κ2) is 7.13. The van der Waals surface area contributed by atoms with Gasteiger partial charge in [0.25, 0.3) is 0 Å². The molecule has 2 aliphatic rings. The Balaban J connectivity index is 1.49. The summed E-state index contributed by atoms with van der Waals surface area (Å²) in [5, 5.41) is 15.4. The summed E-state index contributed by atoms with van der Waals surface area (Å²) < 4.78 is 0. The van der Waals surface area contributed by atoms with E-state index in [9.17, 15) is 9.59 Å². The first-order chi connectivity index (χ1) is 11.1. The number of carbonyl (C=O) groups is 2. The molecule has 3 N–H and O–H groups in total. The fourth-order valence-electron chi connectivity index (χ4n) is 3.68. The maximum Gasteiger partial charge on any atom is 0.335 e. The Bertz CT molecular complexity index is 556. The zero-order valence-electron chi connectivity index (χ0n) is 13.3. The van der Waals surface area contributed by atoms with Gasteiger partial charge in [-0.1, -0.05) is 12.1 Å². The average Bonchev–Trinajstić information content (AvgIpc) is 3.10. The van der Waals surface area contributed by atoms with Crippen molar-refractivity contribution in [2.24, 2.45) is 0 Å². The predicted octanol–water partition coefficient (Wildman–Crippen LogP) is 2.28. The highest BCUT2D eigenvalue weighted by atomic mass is 16.4. The molecule has 0 unspecified atom stereocenters. The number of carboxylic acids is 1. The van der Waals surface area contributed by atoms with E-state index in [0.717, 1.165) is 45.1 Å². The fourth-order valence-corrected chi connectivity index (χ4v) is 3.68. The monoisotopic (exact) mass is 316 g/mol. The van der Waals surface area contributed by atoms with E-state index in [2.05, 4.69) is 10.6 Å². The van der Waals surface area contributed by atoms with E-state index in [1.165, 1.54) is 5.56 Å². The molecule has 1 aliphatic carbocycles. The lowest BCUT2D eigenvalue weighted by atomic mass is 9.81. The van der Waals surface area contributed by atoms with Gasteiger partial charge >= 0.3 is 5.97 Å². The largest absolute Gasteiger partial charge is 0.478 e. The number of rotatable bonds is 4. The first kappa shape index (κ1) is 16.0. The number of nitrogens with one attached hydrogen (secondary N) is 2. The zero-order valence-corrected chi connectivity index (χ0v) is 13.3. The van der Waals surface area contributed by atoms with Crippen LogP contribution < -0.4 is 10.6 Å². The molecule has 0 aromatic heterocycles. The van der Waals surface area contributed by atoms with Gasteiger partial charge in [-0.3, -0.25) is 4.79 Å². The minimum Gasteiger partial charge on any atom is -0.478 e. The van der Waals surface area contributed by atoms with Crippen LogP contribution in [0.2, 0.25) is 0 Å². The molecule has 2 fully saturated rings. The Morgan fingerprint density at radius 2 is 1.74 bits per heavy atom. The van der Waals surface area contributed by atoms with Gasteiger partial charge in [-0.2, -0.15) is 0 Å². The summed E-state index contributed by atoms with van der Waals surface area (Å²) in [6, 6.07) is 7.48. The lowest BCUT2D eigenvalue weighted by Gasteiger charge is -2.30. The van der Waals surface area contributed by atoms with Crippen LogP contribution in [0.25, 0.3) is 0 Å². The molecule has 1 aromatic rings. The summed E-state index contributed by atoms with van der Waals surface area (Å²) in [5.74, 6) is -0.268. The summed E-state index contributed by atoms with van der Waals surface area (Å²) in [5.41, 5.74) is 1.54. The third kappa shape index (κ3) is 3.91. The molecule has 0 bridgehead atoms. The molecular formula is C18H24N2O3. The highest BCUT2D eigenvalue weighted by Gasteiger charge is 2.27. The number of hydrogen-bond donors (Lipinski definition) is 3. The van der Waals surface area contributed by atoms with Crippen LogP contribution in [-0.4, -0.2) is 35.6 Å². The van der Waals surface area contributed by atoms with E-state index in [0.29, 0.717) is 11.5 Å². The van der Waals surface area contributed by atoms with Crippen LogP contribution >= 0.6 is 0 Å². The minimum atomic E-state index is -0.886. The van der Waals surface area contributed by atoms with Crippen LogP contribution in [0.1, 0.15) is 60.4 Å². The molecule has 5 nitrogen and oxygen atoms in total. The number of carbonyl (C=O) groups excluding carboxylic acids is 1. The number of hydrogen-bond acceptors (Lipinski definition) is 3. The van der Waals surface area contributed by atoms with Crippen molar-refractivity contribution in [3.05, 3.63) is 35.4 Å². The molecule has 0 spiro atoms. The van der Waals surface area contributed by atoms with E-state index in [4.69, 9.17) is 5.11 Å². The van der Waals surface area contributed by atoms with E-state index in [1.54, 1.807) is 12.1 Å². The normalized spacial score (nSPS) is 27.6. The molecule has 1 aromatic carbocycles. The molecular weight excluding hydrogens is 292 g/mol. The van der Waals surface area contributed by atoms with Gasteiger partial charge in [-0.05, 0) is 68.7 Å². The van der Waals surface area contributed by atoms with Gasteiger partial charge in [0.2, 0.25) is 5.91 Å². The smallest absolute Gasteiger partial charge is 0.335 e. The number of carboxylic acid groups (broad SMARTS) is 1. The van der Waals surface area contributed by atoms with Crippen molar-refractivity contribution in [2.75, 3.05) is 6.54 Å². The van der Waals surface area contributed by atoms with Crippen LogP contribution in [0.3, 0.4) is 0 Å². The Labute approximate surface area is 136 Å². The highest BCUT2D eigenvalue weighted by molar-refractivity contribution is 5.87. The van der Waals surface area contributed by atoms with Gasteiger partial charge < -0.3 is 15.7 Å². The van der Waals surface area contributed by atoms with Crippen LogP contribution in [0.5, 0.6) is 0 Å². The van der Waals surface area contributed by atoms with Gasteiger partial charge in [-0.25, -0.2) is 4.79 Å². The number of amides is 1. The highest BCUT2D eigenvalue weighted by Crippen LogP contribution is 2.33. The van der Waals surface area contributed by atoms with Crippen molar-refractivity contribution in [2.45, 2.75) is 56.5 Å². The third-order valence-electron chi connectivity index (χ3n) is 5.08. The molecule has 1 amide bonds. The lowest BCUT2D eigenvalue weighted by molar-refractivity contribution is -0.123. The molecule has 1 saturated carbocycles. The average molecular weight is 316 g/mol. The summed E-state index contributed by atoms with van der Waals surface area (Å²) >= 11 is 0. The summed E-state index contributed by atoms with van der Waals surface area (Å²) in [6.07, 6.45) is 6.08. The second-order valence-corrected chi connectivity index (χ2v) is 6.63. The molecule has 1 atom stereocenters. The van der Waals surface area contributed by atoms with E-state index in [-0.39, 0.29) is 18.0 Å². The fraction of sp³-hybridized carbons (Fsp3) is 0.556. The molecule has 1 saturated heterocycles. The second-order valence-electron chi connectivity index (χ2n) is 6.63. The van der Waals surface area contributed by atoms with Crippen LogP contribution in [0.15, 0.2) is 24.3 Å². The number of benzene rings is 1. The number of aromatic carboxylic acids is 1. The summed E-state index contributed by atoms with van der Waals surface area (Å²) in [6.45, 7) is 0.942. The summed E-state index contributed by atoms with van der Waals surface area (Å²) in [4.78, 5) is 23.0. The van der Waals surface area contributed by atoms with Crippen molar-refractivity contribution < 1.29 is 14.7 Å². The third-order valence-corrected chi connectivity index (χ3v) is 5.08. The molecule has 5 heteroatoms. The van der Waals surface area contributed by atoms with E-state index < -0.39 is 5.97 Å². The van der Waals surface area contributed by atoms with E-state index >= 15 is 0 Å². The first-order valence-corrected chi connectivity index (χ1v) is 8.50. The van der Waals surface area contributed by atoms with Crippen molar-refractivity contribution in [3.63, 3.8) is 0 Å². The van der Waals surface area contributed by atoms with Crippen molar-refractivity contribution in [1.29, 1.82) is 0 Å². The molecule has 1 aliphatic heterocycles. The van der Waals surface area contributed by atoms with Gasteiger partial charge in [0.05, 0.1) is 11.6 Å². The Hall–Kier alpha value is -1.88. The Morgan fingerprint density at radius 3 is 2.30 bits per heavy atom. The predicted molar refractivity (Wildman–Crippen MR) is 87.6 cm³/mol. The quantitative estimate of drug-likeness (QED) is 0.796. The molecule has 3 rings (SSSR count). The lowest BCUT2D eigenvalue weighted by Crippen LogP contribution is -2.46. The minimum absolute atomic E-state index is 0.00344. The van der Waals surface area contributed by atoms with Crippen molar-refractivity contribution in [3.8, 4) is 0 Å². The molecule has 124 valence electrons. The zero-order chi connectivity index (χ0) is 16.2. The summed E-state index contributed by atoms with van der Waals surface area (Å²) in [7, 11) is 0. The van der Waals surface area contributed by atoms with Crippen molar-refractivity contribution >= 4 is 11.9 Å². The topological polar surface area (TPSA) is 78.4 Å². The Kier molecular flexibility index (Phi) is 4.96. The molecule has 23 heavy (non-hydrogen) atoms. The first-order valence-electron chi connectivity index (χ1n) is 8.50. The van der Waals surface area contributed by atoms with Crippen molar-refractivity contribution in [1.82, 2.24) is 10.6 Å². The Morgan fingerprint density at radius 1 is 1.04 bits per heavy atom. The van der Waals surface area contributed by atoms with Crippen LogP contribution in [0, 0.1) is 0 Å². The van der Waals surface area contributed by atoms with Crippen LogP contribution in [-0.2, 0) is 4.79 Å². The molecule has 1 heterocycles. The van der Waals surface area contributed by atoms with Gasteiger partial charge in [0, 0.05) is 6.04 Å². The maximum atomic E-state index is 12.1. The van der Waals surface area contributed by atoms with Crippen LogP contribution in [0.4, 0.5) is 0 Å². The molecule has 0 radical (unpaired) electrons. The maximum absolute atomic E-state index is 12.1. The standard InChI is InChI=1S/C18H24N2O3/c21-17(16-2-1-11-19-16)20-15-9-7-13(8-10-15)12-3-5-14(6-4-12)18(22)23/h3-6,13,15-16,19H,1-2,7-11H2,(H,20,21)(H,22,23)/t13?,15?,16-/m1/s1. The van der Waals surface area contributed by atoms with Gasteiger partial charge in [0.1, 0.15) is 0 Å².